The third-order valence-electron chi connectivity index (χ3n) is 6.62. The number of amides is 1. The highest BCUT2D eigenvalue weighted by Crippen LogP contribution is 2.48. The van der Waals surface area contributed by atoms with Gasteiger partial charge in [0, 0.05) is 10.6 Å². The van der Waals surface area contributed by atoms with Crippen molar-refractivity contribution in [1.29, 1.82) is 0 Å². The molecule has 3 aromatic carbocycles. The molecular weight excluding hydrogens is 540 g/mol. The Hall–Kier alpha value is -4.08. The summed E-state index contributed by atoms with van der Waals surface area (Å²) in [6.45, 7) is 2.06. The van der Waals surface area contributed by atoms with Gasteiger partial charge >= 0.3 is 5.91 Å². The standard InChI is InChI=1S/C29H25ClN2O6S/c1-5-15-6-11-19-22(12-15)39-29(31-19)32-24(17-13-20(36-2)27(38-4)21(14-17)37-3)23(26(34)28(32)35)25(33)16-7-9-18(30)10-8-16/h6-14,24,33H,5H2,1-4H3/b25-23+/t24-/m0/s1. The van der Waals surface area contributed by atoms with Crippen LogP contribution >= 0.6 is 22.9 Å². The van der Waals surface area contributed by atoms with Gasteiger partial charge in [0.15, 0.2) is 16.6 Å². The van der Waals surface area contributed by atoms with Crippen molar-refractivity contribution in [1.82, 2.24) is 4.98 Å². The van der Waals surface area contributed by atoms with Crippen LogP contribution in [0.5, 0.6) is 17.2 Å². The lowest BCUT2D eigenvalue weighted by molar-refractivity contribution is -0.132. The Morgan fingerprint density at radius 1 is 1.00 bits per heavy atom. The van der Waals surface area contributed by atoms with Gasteiger partial charge in [-0.1, -0.05) is 35.9 Å². The van der Waals surface area contributed by atoms with Gasteiger partial charge in [0.05, 0.1) is 43.2 Å². The third kappa shape index (κ3) is 4.57. The van der Waals surface area contributed by atoms with Gasteiger partial charge in [-0.25, -0.2) is 4.98 Å². The SMILES string of the molecule is CCc1ccc2nc(N3C(=O)C(=O)/C(=C(/O)c4ccc(Cl)cc4)[C@@H]3c3cc(OC)c(OC)c(OC)c3)sc2c1. The first kappa shape index (κ1) is 26.5. The number of aliphatic hydroxyl groups is 1. The first-order valence-electron chi connectivity index (χ1n) is 12.1. The molecule has 1 aliphatic heterocycles. The van der Waals surface area contributed by atoms with E-state index in [-0.39, 0.29) is 11.3 Å². The number of ketones is 1. The molecule has 1 saturated heterocycles. The Balaban J connectivity index is 1.77. The van der Waals surface area contributed by atoms with Crippen LogP contribution in [-0.2, 0) is 16.0 Å². The molecule has 1 atom stereocenters. The molecule has 2 heterocycles. The van der Waals surface area contributed by atoms with Gasteiger partial charge in [0.2, 0.25) is 5.75 Å². The highest BCUT2D eigenvalue weighted by molar-refractivity contribution is 7.22. The van der Waals surface area contributed by atoms with Gasteiger partial charge in [-0.05, 0) is 66.1 Å². The molecule has 8 nitrogen and oxygen atoms in total. The zero-order valence-electron chi connectivity index (χ0n) is 21.6. The molecule has 0 spiro atoms. The summed E-state index contributed by atoms with van der Waals surface area (Å²) in [6, 6.07) is 14.5. The van der Waals surface area contributed by atoms with E-state index in [9.17, 15) is 14.7 Å². The van der Waals surface area contributed by atoms with Gasteiger partial charge in [-0.15, -0.1) is 0 Å². The number of carbonyl (C=O) groups is 2. The molecule has 0 bridgehead atoms. The summed E-state index contributed by atoms with van der Waals surface area (Å²) in [6.07, 6.45) is 0.847. The number of aryl methyl sites for hydroxylation is 1. The lowest BCUT2D eigenvalue weighted by Crippen LogP contribution is -2.29. The van der Waals surface area contributed by atoms with E-state index in [2.05, 4.69) is 6.92 Å². The average molecular weight is 565 g/mol. The number of benzene rings is 3. The summed E-state index contributed by atoms with van der Waals surface area (Å²) < 4.78 is 17.4. The summed E-state index contributed by atoms with van der Waals surface area (Å²) in [5, 5.41) is 12.2. The number of anilines is 1. The second-order valence-corrected chi connectivity index (χ2v) is 10.2. The van der Waals surface area contributed by atoms with Gasteiger partial charge in [-0.2, -0.15) is 0 Å². The predicted molar refractivity (Wildman–Crippen MR) is 151 cm³/mol. The maximum Gasteiger partial charge on any atom is 0.301 e. The zero-order valence-corrected chi connectivity index (χ0v) is 23.2. The molecule has 1 aliphatic rings. The molecule has 0 aliphatic carbocycles. The molecule has 10 heteroatoms. The largest absolute Gasteiger partial charge is 0.507 e. The summed E-state index contributed by atoms with van der Waals surface area (Å²) >= 11 is 7.34. The number of aliphatic hydroxyl groups excluding tert-OH is 1. The van der Waals surface area contributed by atoms with Crippen LogP contribution in [0.4, 0.5) is 5.13 Å². The topological polar surface area (TPSA) is 98.2 Å². The first-order valence-corrected chi connectivity index (χ1v) is 13.3. The summed E-state index contributed by atoms with van der Waals surface area (Å²) in [5.74, 6) is -0.957. The van der Waals surface area contributed by atoms with Gasteiger partial charge in [-0.3, -0.25) is 14.5 Å². The Morgan fingerprint density at radius 3 is 2.26 bits per heavy atom. The number of rotatable bonds is 7. The maximum absolute atomic E-state index is 13.6. The molecule has 0 radical (unpaired) electrons. The minimum Gasteiger partial charge on any atom is -0.507 e. The number of methoxy groups -OCH3 is 3. The number of nitrogens with zero attached hydrogens (tertiary/aromatic N) is 2. The Labute approximate surface area is 234 Å². The third-order valence-corrected chi connectivity index (χ3v) is 7.89. The molecule has 0 unspecified atom stereocenters. The van der Waals surface area contributed by atoms with Crippen molar-refractivity contribution in [3.8, 4) is 17.2 Å². The lowest BCUT2D eigenvalue weighted by Gasteiger charge is -2.24. The number of Topliss-reactive ketones (excluding diaryl/α,β-unsaturated/α-hetero) is 1. The van der Waals surface area contributed by atoms with E-state index in [0.29, 0.717) is 44.0 Å². The molecular formula is C29H25ClN2O6S. The van der Waals surface area contributed by atoms with Crippen molar-refractivity contribution in [3.05, 3.63) is 81.9 Å². The Kier molecular flexibility index (Phi) is 7.20. The van der Waals surface area contributed by atoms with Crippen LogP contribution in [-0.4, -0.2) is 43.1 Å². The quantitative estimate of drug-likeness (QED) is 0.163. The molecule has 1 N–H and O–H groups in total. The molecule has 4 aromatic rings. The molecule has 0 saturated carbocycles. The molecule has 200 valence electrons. The number of hydrogen-bond acceptors (Lipinski definition) is 8. The Morgan fingerprint density at radius 2 is 1.67 bits per heavy atom. The van der Waals surface area contributed by atoms with Crippen LogP contribution in [0.2, 0.25) is 5.02 Å². The predicted octanol–water partition coefficient (Wildman–Crippen LogP) is 6.16. The van der Waals surface area contributed by atoms with E-state index < -0.39 is 17.7 Å². The zero-order chi connectivity index (χ0) is 27.8. The van der Waals surface area contributed by atoms with Crippen molar-refractivity contribution in [2.45, 2.75) is 19.4 Å². The minimum atomic E-state index is -1.03. The number of aromatic nitrogens is 1. The normalized spacial score (nSPS) is 16.6. The van der Waals surface area contributed by atoms with Crippen LogP contribution in [0.3, 0.4) is 0 Å². The second kappa shape index (κ2) is 10.6. The highest BCUT2D eigenvalue weighted by Gasteiger charge is 2.48. The molecule has 39 heavy (non-hydrogen) atoms. The minimum absolute atomic E-state index is 0.0925. The van der Waals surface area contributed by atoms with E-state index in [1.165, 1.54) is 37.6 Å². The van der Waals surface area contributed by atoms with Crippen molar-refractivity contribution < 1.29 is 28.9 Å². The van der Waals surface area contributed by atoms with E-state index in [1.807, 2.05) is 18.2 Å². The average Bonchev–Trinajstić information content (AvgIpc) is 3.49. The van der Waals surface area contributed by atoms with Gasteiger partial charge in [0.1, 0.15) is 5.76 Å². The number of hydrogen-bond donors (Lipinski definition) is 1. The highest BCUT2D eigenvalue weighted by atomic mass is 35.5. The number of halogens is 1. The van der Waals surface area contributed by atoms with E-state index >= 15 is 0 Å². The van der Waals surface area contributed by atoms with Gasteiger partial charge < -0.3 is 19.3 Å². The van der Waals surface area contributed by atoms with E-state index in [1.54, 1.807) is 36.4 Å². The van der Waals surface area contributed by atoms with Crippen molar-refractivity contribution in [3.63, 3.8) is 0 Å². The van der Waals surface area contributed by atoms with E-state index in [0.717, 1.165) is 16.7 Å². The summed E-state index contributed by atoms with van der Waals surface area (Å²) in [5.41, 5.74) is 2.55. The smallest absolute Gasteiger partial charge is 0.301 e. The van der Waals surface area contributed by atoms with Crippen molar-refractivity contribution in [2.75, 3.05) is 26.2 Å². The monoisotopic (exact) mass is 564 g/mol. The molecule has 5 rings (SSSR count). The lowest BCUT2D eigenvalue weighted by atomic mass is 9.95. The van der Waals surface area contributed by atoms with Crippen LogP contribution in [0.15, 0.2) is 60.2 Å². The van der Waals surface area contributed by atoms with Crippen molar-refractivity contribution in [2.24, 2.45) is 0 Å². The summed E-state index contributed by atoms with van der Waals surface area (Å²) in [4.78, 5) is 33.2. The fourth-order valence-corrected chi connectivity index (χ4v) is 5.83. The number of ether oxygens (including phenoxy) is 3. The molecule has 1 aromatic heterocycles. The second-order valence-electron chi connectivity index (χ2n) is 8.79. The van der Waals surface area contributed by atoms with Crippen molar-refractivity contribution >= 4 is 55.7 Å². The van der Waals surface area contributed by atoms with Gasteiger partial charge in [0.25, 0.3) is 5.78 Å². The van der Waals surface area contributed by atoms with E-state index in [4.69, 9.17) is 30.8 Å². The number of thiazole rings is 1. The Bertz CT molecular complexity index is 1600. The van der Waals surface area contributed by atoms with Crippen LogP contribution in [0.1, 0.15) is 29.7 Å². The fraction of sp³-hybridized carbons (Fsp3) is 0.207. The fourth-order valence-electron chi connectivity index (χ4n) is 4.65. The molecule has 1 amide bonds. The van der Waals surface area contributed by atoms with Crippen LogP contribution < -0.4 is 19.1 Å². The number of fused-ring (bicyclic) bond motifs is 1. The van der Waals surface area contributed by atoms with Crippen LogP contribution in [0, 0.1) is 0 Å². The first-order chi connectivity index (χ1) is 18.8. The maximum atomic E-state index is 13.6. The number of carbonyl (C=O) groups excluding carboxylic acids is 2. The van der Waals surface area contributed by atoms with Crippen LogP contribution in [0.25, 0.3) is 16.0 Å². The molecule has 1 fully saturated rings. The summed E-state index contributed by atoms with van der Waals surface area (Å²) in [7, 11) is 4.44.